The molecule has 1 aromatic rings. The van der Waals surface area contributed by atoms with E-state index in [1.54, 1.807) is 7.05 Å². The molecule has 1 aliphatic rings. The molecule has 6 heteroatoms. The van der Waals surface area contributed by atoms with Crippen molar-refractivity contribution >= 4 is 11.7 Å². The Morgan fingerprint density at radius 2 is 1.80 bits per heavy atom. The van der Waals surface area contributed by atoms with E-state index in [2.05, 4.69) is 5.32 Å². The Labute approximate surface area is 115 Å². The first-order valence-electron chi connectivity index (χ1n) is 6.68. The zero-order valence-electron chi connectivity index (χ0n) is 11.3. The van der Waals surface area contributed by atoms with Gasteiger partial charge in [0.05, 0.1) is 5.69 Å². The maximum atomic E-state index is 13.5. The number of anilines is 1. The Morgan fingerprint density at radius 1 is 1.15 bits per heavy atom. The van der Waals surface area contributed by atoms with Crippen LogP contribution in [-0.2, 0) is 0 Å². The fraction of sp³-hybridized carbons (Fsp3) is 0.500. The molecule has 0 bridgehead atoms. The second-order valence-electron chi connectivity index (χ2n) is 5.06. The molecule has 0 atom stereocenters. The van der Waals surface area contributed by atoms with Crippen molar-refractivity contribution in [2.45, 2.75) is 38.1 Å². The van der Waals surface area contributed by atoms with E-state index in [9.17, 15) is 18.0 Å². The summed E-state index contributed by atoms with van der Waals surface area (Å²) in [6.07, 6.45) is 5.09. The molecule has 0 spiro atoms. The fourth-order valence-corrected chi connectivity index (χ4v) is 2.46. The van der Waals surface area contributed by atoms with Gasteiger partial charge in [0.15, 0.2) is 17.5 Å². The number of urea groups is 1. The third-order valence-electron chi connectivity index (χ3n) is 3.72. The van der Waals surface area contributed by atoms with E-state index in [1.165, 1.54) is 4.90 Å². The Balaban J connectivity index is 2.05. The summed E-state index contributed by atoms with van der Waals surface area (Å²) in [5.74, 6) is -4.24. The molecular formula is C14H17F3N2O. The van der Waals surface area contributed by atoms with Crippen LogP contribution in [0.25, 0.3) is 0 Å². The van der Waals surface area contributed by atoms with Gasteiger partial charge in [-0.3, -0.25) is 0 Å². The number of carbonyl (C=O) groups is 1. The van der Waals surface area contributed by atoms with Gasteiger partial charge >= 0.3 is 6.03 Å². The first-order chi connectivity index (χ1) is 9.50. The summed E-state index contributed by atoms with van der Waals surface area (Å²) in [5.41, 5.74) is -0.350. The molecule has 0 heterocycles. The average molecular weight is 286 g/mol. The van der Waals surface area contributed by atoms with Crippen molar-refractivity contribution in [1.29, 1.82) is 0 Å². The lowest BCUT2D eigenvalue weighted by Gasteiger charge is -2.31. The summed E-state index contributed by atoms with van der Waals surface area (Å²) in [6.45, 7) is 0. The molecule has 0 radical (unpaired) electrons. The van der Waals surface area contributed by atoms with Crippen molar-refractivity contribution in [2.75, 3.05) is 12.4 Å². The molecule has 1 aliphatic carbocycles. The Bertz CT molecular complexity index is 501. The molecule has 0 saturated heterocycles. The lowest BCUT2D eigenvalue weighted by Crippen LogP contribution is -2.41. The van der Waals surface area contributed by atoms with E-state index in [0.717, 1.165) is 44.2 Å². The number of hydrogen-bond donors (Lipinski definition) is 1. The Kier molecular flexibility index (Phi) is 4.52. The Hall–Kier alpha value is -1.72. The lowest BCUT2D eigenvalue weighted by atomic mass is 9.95. The van der Waals surface area contributed by atoms with Gasteiger partial charge in [-0.2, -0.15) is 0 Å². The number of amides is 2. The molecule has 2 rings (SSSR count). The predicted molar refractivity (Wildman–Crippen MR) is 70.0 cm³/mol. The van der Waals surface area contributed by atoms with Gasteiger partial charge in [0.1, 0.15) is 0 Å². The number of benzene rings is 1. The van der Waals surface area contributed by atoms with Crippen molar-refractivity contribution < 1.29 is 18.0 Å². The number of hydrogen-bond acceptors (Lipinski definition) is 1. The third kappa shape index (κ3) is 3.05. The topological polar surface area (TPSA) is 32.3 Å². The van der Waals surface area contributed by atoms with Crippen molar-refractivity contribution in [3.8, 4) is 0 Å². The summed E-state index contributed by atoms with van der Waals surface area (Å²) in [6, 6.07) is 1.40. The summed E-state index contributed by atoms with van der Waals surface area (Å²) in [7, 11) is 1.63. The largest absolute Gasteiger partial charge is 0.325 e. The molecule has 0 aromatic heterocycles. The van der Waals surface area contributed by atoms with E-state index in [0.29, 0.717) is 0 Å². The number of carbonyl (C=O) groups excluding carboxylic acids is 1. The van der Waals surface area contributed by atoms with Crippen molar-refractivity contribution in [1.82, 2.24) is 4.90 Å². The van der Waals surface area contributed by atoms with Gasteiger partial charge in [-0.05, 0) is 25.0 Å². The maximum Gasteiger partial charge on any atom is 0.321 e. The number of halogens is 3. The van der Waals surface area contributed by atoms with Crippen molar-refractivity contribution in [3.63, 3.8) is 0 Å². The van der Waals surface area contributed by atoms with Gasteiger partial charge in [0, 0.05) is 13.1 Å². The van der Waals surface area contributed by atoms with Crippen LogP contribution in [0, 0.1) is 17.5 Å². The van der Waals surface area contributed by atoms with Crippen LogP contribution in [0.1, 0.15) is 32.1 Å². The Morgan fingerprint density at radius 3 is 2.45 bits per heavy atom. The molecule has 3 nitrogen and oxygen atoms in total. The van der Waals surface area contributed by atoms with Crippen LogP contribution < -0.4 is 5.32 Å². The highest BCUT2D eigenvalue weighted by Crippen LogP contribution is 2.23. The number of rotatable bonds is 2. The second kappa shape index (κ2) is 6.15. The average Bonchev–Trinajstić information content (AvgIpc) is 2.48. The highest BCUT2D eigenvalue weighted by atomic mass is 19.2. The molecule has 20 heavy (non-hydrogen) atoms. The van der Waals surface area contributed by atoms with Gasteiger partial charge in [-0.1, -0.05) is 19.3 Å². The van der Waals surface area contributed by atoms with E-state index >= 15 is 0 Å². The predicted octanol–water partition coefficient (Wildman–Crippen LogP) is 3.90. The van der Waals surface area contributed by atoms with Crippen LogP contribution in [0.5, 0.6) is 0 Å². The molecule has 2 amide bonds. The van der Waals surface area contributed by atoms with Crippen LogP contribution >= 0.6 is 0 Å². The first-order valence-corrected chi connectivity index (χ1v) is 6.68. The zero-order valence-corrected chi connectivity index (χ0v) is 11.3. The normalized spacial score (nSPS) is 16.0. The zero-order chi connectivity index (χ0) is 14.7. The minimum Gasteiger partial charge on any atom is -0.325 e. The van der Waals surface area contributed by atoms with Crippen LogP contribution in [0.4, 0.5) is 23.7 Å². The molecular weight excluding hydrogens is 269 g/mol. The third-order valence-corrected chi connectivity index (χ3v) is 3.72. The molecule has 0 unspecified atom stereocenters. The highest BCUT2D eigenvalue weighted by Gasteiger charge is 2.23. The monoisotopic (exact) mass is 286 g/mol. The summed E-state index contributed by atoms with van der Waals surface area (Å²) in [5, 5.41) is 2.28. The van der Waals surface area contributed by atoms with Crippen LogP contribution in [0.3, 0.4) is 0 Å². The van der Waals surface area contributed by atoms with Crippen LogP contribution in [0.15, 0.2) is 12.1 Å². The van der Waals surface area contributed by atoms with E-state index < -0.39 is 23.5 Å². The second-order valence-corrected chi connectivity index (χ2v) is 5.06. The van der Waals surface area contributed by atoms with Gasteiger partial charge in [-0.25, -0.2) is 18.0 Å². The molecule has 1 fully saturated rings. The molecule has 1 N–H and O–H groups in total. The minimum absolute atomic E-state index is 0.108. The molecule has 110 valence electrons. The number of nitrogens with one attached hydrogen (secondary N) is 1. The van der Waals surface area contributed by atoms with E-state index in [4.69, 9.17) is 0 Å². The molecule has 1 aromatic carbocycles. The molecule has 0 aliphatic heterocycles. The number of nitrogens with zero attached hydrogens (tertiary/aromatic N) is 1. The van der Waals surface area contributed by atoms with Crippen LogP contribution in [-0.4, -0.2) is 24.0 Å². The maximum absolute atomic E-state index is 13.5. The quantitative estimate of drug-likeness (QED) is 0.822. The van der Waals surface area contributed by atoms with Gasteiger partial charge in [0.2, 0.25) is 0 Å². The fourth-order valence-electron chi connectivity index (χ4n) is 2.46. The summed E-state index contributed by atoms with van der Waals surface area (Å²) < 4.78 is 39.4. The molecule has 1 saturated carbocycles. The summed E-state index contributed by atoms with van der Waals surface area (Å²) in [4.78, 5) is 13.5. The first kappa shape index (κ1) is 14.7. The van der Waals surface area contributed by atoms with Crippen molar-refractivity contribution in [3.05, 3.63) is 29.6 Å². The van der Waals surface area contributed by atoms with Gasteiger partial charge in [0.25, 0.3) is 0 Å². The SMILES string of the molecule is CN(C(=O)Nc1ccc(F)c(F)c1F)C1CCCCC1. The van der Waals surface area contributed by atoms with Gasteiger partial charge < -0.3 is 10.2 Å². The minimum atomic E-state index is -1.58. The lowest BCUT2D eigenvalue weighted by molar-refractivity contribution is 0.186. The van der Waals surface area contributed by atoms with Crippen LogP contribution in [0.2, 0.25) is 0 Å². The standard InChI is InChI=1S/C14H17F3N2O/c1-19(9-5-3-2-4-6-9)14(20)18-11-8-7-10(15)12(16)13(11)17/h7-9H,2-6H2,1H3,(H,18,20). The van der Waals surface area contributed by atoms with E-state index in [1.807, 2.05) is 0 Å². The van der Waals surface area contributed by atoms with E-state index in [-0.39, 0.29) is 11.7 Å². The van der Waals surface area contributed by atoms with Gasteiger partial charge in [-0.15, -0.1) is 0 Å². The van der Waals surface area contributed by atoms with Crippen molar-refractivity contribution in [2.24, 2.45) is 0 Å². The summed E-state index contributed by atoms with van der Waals surface area (Å²) >= 11 is 0. The highest BCUT2D eigenvalue weighted by molar-refractivity contribution is 5.89. The smallest absolute Gasteiger partial charge is 0.321 e.